The lowest BCUT2D eigenvalue weighted by molar-refractivity contribution is -0.141. The van der Waals surface area contributed by atoms with Gasteiger partial charge in [0.15, 0.2) is 0 Å². The third kappa shape index (κ3) is 3.97. The highest BCUT2D eigenvalue weighted by Crippen LogP contribution is 2.25. The van der Waals surface area contributed by atoms with Crippen LogP contribution in [0.3, 0.4) is 0 Å². The maximum Gasteiger partial charge on any atom is 0.315 e. The lowest BCUT2D eigenvalue weighted by Crippen LogP contribution is -2.42. The van der Waals surface area contributed by atoms with Crippen LogP contribution >= 0.6 is 0 Å². The second-order valence-corrected chi connectivity index (χ2v) is 5.74. The molecule has 0 saturated heterocycles. The number of amides is 2. The summed E-state index contributed by atoms with van der Waals surface area (Å²) in [5.41, 5.74) is 2.22. The van der Waals surface area contributed by atoms with Crippen molar-refractivity contribution in [3.63, 3.8) is 0 Å². The Hall–Kier alpha value is -2.04. The van der Waals surface area contributed by atoms with Gasteiger partial charge >= 0.3 is 12.0 Å². The van der Waals surface area contributed by atoms with E-state index in [-0.39, 0.29) is 24.0 Å². The van der Waals surface area contributed by atoms with Gasteiger partial charge in [0.25, 0.3) is 0 Å². The zero-order chi connectivity index (χ0) is 15.4. The number of benzene rings is 1. The van der Waals surface area contributed by atoms with Crippen molar-refractivity contribution in [2.75, 3.05) is 0 Å². The van der Waals surface area contributed by atoms with Gasteiger partial charge in [0, 0.05) is 6.04 Å². The van der Waals surface area contributed by atoms with Crippen LogP contribution in [0.5, 0.6) is 0 Å². The van der Waals surface area contributed by atoms with Crippen LogP contribution in [-0.4, -0.2) is 23.1 Å². The van der Waals surface area contributed by atoms with E-state index in [0.29, 0.717) is 12.8 Å². The minimum Gasteiger partial charge on any atom is -0.481 e. The number of aryl methyl sites for hydroxylation is 1. The molecule has 0 heterocycles. The second-order valence-electron chi connectivity index (χ2n) is 5.74. The zero-order valence-corrected chi connectivity index (χ0v) is 12.4. The SMILES string of the molecule is Cc1ccccc1C(C)NC(=O)NC1CCC(C(=O)O)C1. The monoisotopic (exact) mass is 290 g/mol. The predicted molar refractivity (Wildman–Crippen MR) is 80.0 cm³/mol. The first-order valence-corrected chi connectivity index (χ1v) is 7.32. The van der Waals surface area contributed by atoms with Crippen LogP contribution in [0.25, 0.3) is 0 Å². The van der Waals surface area contributed by atoms with E-state index in [1.165, 1.54) is 0 Å². The number of hydrogen-bond donors (Lipinski definition) is 3. The van der Waals surface area contributed by atoms with Crippen molar-refractivity contribution < 1.29 is 14.7 Å². The molecule has 2 rings (SSSR count). The number of nitrogens with one attached hydrogen (secondary N) is 2. The molecule has 0 radical (unpaired) electrons. The highest BCUT2D eigenvalue weighted by Gasteiger charge is 2.30. The van der Waals surface area contributed by atoms with Gasteiger partial charge in [0.1, 0.15) is 0 Å². The van der Waals surface area contributed by atoms with Crippen LogP contribution in [0.2, 0.25) is 0 Å². The van der Waals surface area contributed by atoms with E-state index >= 15 is 0 Å². The summed E-state index contributed by atoms with van der Waals surface area (Å²) >= 11 is 0. The zero-order valence-electron chi connectivity index (χ0n) is 12.4. The summed E-state index contributed by atoms with van der Waals surface area (Å²) in [5, 5.41) is 14.7. The van der Waals surface area contributed by atoms with Gasteiger partial charge in [-0.3, -0.25) is 4.79 Å². The molecule has 1 aromatic carbocycles. The fourth-order valence-electron chi connectivity index (χ4n) is 2.91. The van der Waals surface area contributed by atoms with Crippen molar-refractivity contribution in [2.45, 2.75) is 45.2 Å². The number of carbonyl (C=O) groups excluding carboxylic acids is 1. The molecule has 21 heavy (non-hydrogen) atoms. The standard InChI is InChI=1S/C16H22N2O3/c1-10-5-3-4-6-14(10)11(2)17-16(21)18-13-8-7-12(9-13)15(19)20/h3-6,11-13H,7-9H2,1-2H3,(H,19,20)(H2,17,18,21). The third-order valence-corrected chi connectivity index (χ3v) is 4.12. The minimum atomic E-state index is -0.770. The molecule has 0 aromatic heterocycles. The fraction of sp³-hybridized carbons (Fsp3) is 0.500. The van der Waals surface area contributed by atoms with E-state index in [1.54, 1.807) is 0 Å². The Morgan fingerprint density at radius 1 is 1.29 bits per heavy atom. The van der Waals surface area contributed by atoms with Gasteiger partial charge in [-0.25, -0.2) is 4.79 Å². The van der Waals surface area contributed by atoms with Crippen molar-refractivity contribution in [3.05, 3.63) is 35.4 Å². The predicted octanol–water partition coefficient (Wildman–Crippen LogP) is 2.61. The van der Waals surface area contributed by atoms with E-state index in [0.717, 1.165) is 17.5 Å². The molecule has 0 bridgehead atoms. The molecule has 1 fully saturated rings. The summed E-state index contributed by atoms with van der Waals surface area (Å²) in [4.78, 5) is 22.9. The summed E-state index contributed by atoms with van der Waals surface area (Å²) in [6.45, 7) is 3.95. The maximum atomic E-state index is 12.0. The first-order chi connectivity index (χ1) is 9.97. The molecule has 2 amide bonds. The molecule has 3 N–H and O–H groups in total. The molecule has 114 valence electrons. The van der Waals surface area contributed by atoms with Crippen LogP contribution in [0, 0.1) is 12.8 Å². The molecule has 5 nitrogen and oxygen atoms in total. The third-order valence-electron chi connectivity index (χ3n) is 4.12. The average molecular weight is 290 g/mol. The van der Waals surface area contributed by atoms with Crippen molar-refractivity contribution >= 4 is 12.0 Å². The summed E-state index contributed by atoms with van der Waals surface area (Å²) in [7, 11) is 0. The van der Waals surface area contributed by atoms with Gasteiger partial charge < -0.3 is 15.7 Å². The van der Waals surface area contributed by atoms with E-state index in [2.05, 4.69) is 10.6 Å². The van der Waals surface area contributed by atoms with Gasteiger partial charge in [-0.1, -0.05) is 24.3 Å². The molecule has 1 aliphatic carbocycles. The summed E-state index contributed by atoms with van der Waals surface area (Å²) in [6, 6.07) is 7.57. The number of urea groups is 1. The van der Waals surface area contributed by atoms with Crippen molar-refractivity contribution in [2.24, 2.45) is 5.92 Å². The Labute approximate surface area is 124 Å². The van der Waals surface area contributed by atoms with Crippen LogP contribution in [-0.2, 0) is 4.79 Å². The van der Waals surface area contributed by atoms with Crippen molar-refractivity contribution in [3.8, 4) is 0 Å². The molecule has 1 aliphatic rings. The molecule has 1 saturated carbocycles. The lowest BCUT2D eigenvalue weighted by Gasteiger charge is -2.19. The Balaban J connectivity index is 1.85. The summed E-state index contributed by atoms with van der Waals surface area (Å²) in [6.07, 6.45) is 1.87. The topological polar surface area (TPSA) is 78.4 Å². The highest BCUT2D eigenvalue weighted by atomic mass is 16.4. The number of carbonyl (C=O) groups is 2. The first kappa shape index (κ1) is 15.4. The molecule has 1 aromatic rings. The molecule has 0 aliphatic heterocycles. The Morgan fingerprint density at radius 3 is 2.62 bits per heavy atom. The Bertz CT molecular complexity index is 530. The van der Waals surface area contributed by atoms with Crippen molar-refractivity contribution in [1.29, 1.82) is 0 Å². The molecular weight excluding hydrogens is 268 g/mol. The van der Waals surface area contributed by atoms with E-state index in [1.807, 2.05) is 38.1 Å². The number of rotatable bonds is 4. The van der Waals surface area contributed by atoms with Crippen LogP contribution in [0.15, 0.2) is 24.3 Å². The second kappa shape index (κ2) is 6.61. The summed E-state index contributed by atoms with van der Waals surface area (Å²) in [5.74, 6) is -1.10. The Kier molecular flexibility index (Phi) is 4.83. The van der Waals surface area contributed by atoms with Gasteiger partial charge in [-0.2, -0.15) is 0 Å². The van der Waals surface area contributed by atoms with Crippen LogP contribution in [0.4, 0.5) is 4.79 Å². The quantitative estimate of drug-likeness (QED) is 0.797. The first-order valence-electron chi connectivity index (χ1n) is 7.32. The van der Waals surface area contributed by atoms with Crippen LogP contribution < -0.4 is 10.6 Å². The van der Waals surface area contributed by atoms with Gasteiger partial charge in [0.2, 0.25) is 0 Å². The van der Waals surface area contributed by atoms with Crippen molar-refractivity contribution in [1.82, 2.24) is 10.6 Å². The van der Waals surface area contributed by atoms with Gasteiger partial charge in [0.05, 0.1) is 12.0 Å². The van der Waals surface area contributed by atoms with E-state index < -0.39 is 5.97 Å². The molecule has 5 heteroatoms. The number of aliphatic carboxylic acids is 1. The largest absolute Gasteiger partial charge is 0.481 e. The van der Waals surface area contributed by atoms with Gasteiger partial charge in [-0.15, -0.1) is 0 Å². The van der Waals surface area contributed by atoms with E-state index in [9.17, 15) is 9.59 Å². The number of carboxylic acid groups (broad SMARTS) is 1. The normalized spacial score (nSPS) is 22.6. The molecule has 0 spiro atoms. The molecular formula is C16H22N2O3. The lowest BCUT2D eigenvalue weighted by atomic mass is 10.0. The number of hydrogen-bond acceptors (Lipinski definition) is 2. The highest BCUT2D eigenvalue weighted by molar-refractivity contribution is 5.75. The maximum absolute atomic E-state index is 12.0. The van der Waals surface area contributed by atoms with E-state index in [4.69, 9.17) is 5.11 Å². The number of carboxylic acids is 1. The average Bonchev–Trinajstić information content (AvgIpc) is 2.87. The minimum absolute atomic E-state index is 0.0461. The summed E-state index contributed by atoms with van der Waals surface area (Å²) < 4.78 is 0. The molecule has 3 unspecified atom stereocenters. The Morgan fingerprint density at radius 2 is 2.00 bits per heavy atom. The molecule has 3 atom stereocenters. The smallest absolute Gasteiger partial charge is 0.315 e. The fourth-order valence-corrected chi connectivity index (χ4v) is 2.91. The van der Waals surface area contributed by atoms with Crippen LogP contribution in [0.1, 0.15) is 43.4 Å². The van der Waals surface area contributed by atoms with Gasteiger partial charge in [-0.05, 0) is 44.2 Å².